The van der Waals surface area contributed by atoms with Gasteiger partial charge in [-0.1, -0.05) is 175 Å². The Morgan fingerprint density at radius 3 is 1.20 bits per heavy atom. The smallest absolute Gasteiger partial charge is 0.305 e. The molecule has 0 unspecified atom stereocenters. The summed E-state index contributed by atoms with van der Waals surface area (Å²) in [7, 11) is 0. The van der Waals surface area contributed by atoms with E-state index in [2.05, 4.69) is 20.8 Å². The van der Waals surface area contributed by atoms with Gasteiger partial charge in [-0.25, -0.2) is 0 Å². The normalized spacial score (nSPS) is 11.4. The Labute approximate surface area is 222 Å². The lowest BCUT2D eigenvalue weighted by atomic mass is 10.0. The van der Waals surface area contributed by atoms with E-state index < -0.39 is 0 Å². The predicted molar refractivity (Wildman–Crippen MR) is 156 cm³/mol. The van der Waals surface area contributed by atoms with E-state index >= 15 is 0 Å². The zero-order valence-electron chi connectivity index (χ0n) is 24.7. The van der Waals surface area contributed by atoms with Crippen molar-refractivity contribution in [2.45, 2.75) is 194 Å². The lowest BCUT2D eigenvalue weighted by Crippen LogP contribution is -2.05. The van der Waals surface area contributed by atoms with Gasteiger partial charge < -0.3 is 4.74 Å². The fourth-order valence-corrected chi connectivity index (χ4v) is 4.97. The molecule has 0 aliphatic heterocycles. The molecule has 0 bridgehead atoms. The highest BCUT2D eigenvalue weighted by Gasteiger charge is 2.03. The van der Waals surface area contributed by atoms with E-state index in [1.165, 1.54) is 154 Å². The summed E-state index contributed by atoms with van der Waals surface area (Å²) in [6, 6.07) is 0. The SMILES string of the molecule is CCCCCCCCCCCCCCCCCCCCCCCCC(=O)OCCCCCC(C)C. The van der Waals surface area contributed by atoms with Crippen LogP contribution in [0.15, 0.2) is 0 Å². The highest BCUT2D eigenvalue weighted by molar-refractivity contribution is 5.69. The van der Waals surface area contributed by atoms with E-state index in [0.29, 0.717) is 13.0 Å². The van der Waals surface area contributed by atoms with E-state index in [-0.39, 0.29) is 5.97 Å². The third kappa shape index (κ3) is 31.4. The average Bonchev–Trinajstić information content (AvgIpc) is 2.84. The molecule has 0 radical (unpaired) electrons. The van der Waals surface area contributed by atoms with Crippen LogP contribution in [-0.2, 0) is 9.53 Å². The molecule has 0 aromatic heterocycles. The molecule has 0 amide bonds. The largest absolute Gasteiger partial charge is 0.466 e. The van der Waals surface area contributed by atoms with Crippen LogP contribution in [0, 0.1) is 5.92 Å². The van der Waals surface area contributed by atoms with E-state index in [4.69, 9.17) is 4.74 Å². The van der Waals surface area contributed by atoms with Gasteiger partial charge in [-0.15, -0.1) is 0 Å². The molecule has 0 fully saturated rings. The molecule has 2 heteroatoms. The molecule has 2 nitrogen and oxygen atoms in total. The van der Waals surface area contributed by atoms with Crippen molar-refractivity contribution in [1.29, 1.82) is 0 Å². The molecule has 0 saturated heterocycles. The second-order valence-electron chi connectivity index (χ2n) is 11.6. The first-order chi connectivity index (χ1) is 17.2. The molecule has 0 saturated carbocycles. The molecule has 0 rings (SSSR count). The minimum absolute atomic E-state index is 0.0158. The Morgan fingerprint density at radius 1 is 0.486 bits per heavy atom. The van der Waals surface area contributed by atoms with Gasteiger partial charge in [0.1, 0.15) is 0 Å². The standard InChI is InChI=1S/C33H66O2/c1-4-5-6-7-8-9-10-11-12-13-14-15-16-17-18-19-20-21-22-23-24-27-30-33(34)35-31-28-25-26-29-32(2)3/h32H,4-31H2,1-3H3. The average molecular weight is 495 g/mol. The molecule has 0 heterocycles. The van der Waals surface area contributed by atoms with Crippen LogP contribution in [0.25, 0.3) is 0 Å². The Hall–Kier alpha value is -0.530. The van der Waals surface area contributed by atoms with E-state index in [1.807, 2.05) is 0 Å². The molecule has 35 heavy (non-hydrogen) atoms. The predicted octanol–water partition coefficient (Wildman–Crippen LogP) is 11.7. The fraction of sp³-hybridized carbons (Fsp3) is 0.970. The van der Waals surface area contributed by atoms with Crippen molar-refractivity contribution in [2.75, 3.05) is 6.61 Å². The lowest BCUT2D eigenvalue weighted by molar-refractivity contribution is -0.143. The van der Waals surface area contributed by atoms with Crippen LogP contribution < -0.4 is 0 Å². The van der Waals surface area contributed by atoms with Crippen molar-refractivity contribution >= 4 is 5.97 Å². The van der Waals surface area contributed by atoms with Gasteiger partial charge in [-0.2, -0.15) is 0 Å². The van der Waals surface area contributed by atoms with Crippen LogP contribution in [0.1, 0.15) is 194 Å². The van der Waals surface area contributed by atoms with Crippen molar-refractivity contribution in [3.8, 4) is 0 Å². The minimum Gasteiger partial charge on any atom is -0.466 e. The summed E-state index contributed by atoms with van der Waals surface area (Å²) in [5, 5.41) is 0. The van der Waals surface area contributed by atoms with Gasteiger partial charge in [-0.3, -0.25) is 4.79 Å². The summed E-state index contributed by atoms with van der Waals surface area (Å²) in [4.78, 5) is 11.8. The maximum absolute atomic E-state index is 11.8. The monoisotopic (exact) mass is 495 g/mol. The molecule has 0 aromatic rings. The summed E-state index contributed by atoms with van der Waals surface area (Å²) >= 11 is 0. The van der Waals surface area contributed by atoms with E-state index in [9.17, 15) is 4.79 Å². The van der Waals surface area contributed by atoms with Gasteiger partial charge in [0.15, 0.2) is 0 Å². The van der Waals surface area contributed by atoms with Crippen molar-refractivity contribution in [1.82, 2.24) is 0 Å². The topological polar surface area (TPSA) is 26.3 Å². The zero-order chi connectivity index (χ0) is 25.7. The van der Waals surface area contributed by atoms with Gasteiger partial charge in [0.2, 0.25) is 0 Å². The second kappa shape index (κ2) is 29.7. The Balaban J connectivity index is 3.11. The third-order valence-electron chi connectivity index (χ3n) is 7.42. The molecule has 0 aliphatic rings. The van der Waals surface area contributed by atoms with Gasteiger partial charge >= 0.3 is 5.97 Å². The van der Waals surface area contributed by atoms with Gasteiger partial charge in [0.05, 0.1) is 6.61 Å². The van der Waals surface area contributed by atoms with Crippen LogP contribution in [-0.4, -0.2) is 12.6 Å². The van der Waals surface area contributed by atoms with Crippen molar-refractivity contribution < 1.29 is 9.53 Å². The number of carbonyl (C=O) groups is 1. The third-order valence-corrected chi connectivity index (χ3v) is 7.42. The maximum atomic E-state index is 11.8. The molecular weight excluding hydrogens is 428 g/mol. The van der Waals surface area contributed by atoms with Crippen molar-refractivity contribution in [3.05, 3.63) is 0 Å². The highest BCUT2D eigenvalue weighted by Crippen LogP contribution is 2.15. The number of hydrogen-bond donors (Lipinski definition) is 0. The van der Waals surface area contributed by atoms with Gasteiger partial charge in [0.25, 0.3) is 0 Å². The molecular formula is C33H66O2. The summed E-state index contributed by atoms with van der Waals surface area (Å²) in [5.41, 5.74) is 0. The molecule has 0 aliphatic carbocycles. The summed E-state index contributed by atoms with van der Waals surface area (Å²) in [6.45, 7) is 7.45. The fourth-order valence-electron chi connectivity index (χ4n) is 4.97. The first kappa shape index (κ1) is 34.5. The molecule has 0 aromatic carbocycles. The molecule has 0 spiro atoms. The van der Waals surface area contributed by atoms with Crippen LogP contribution in [0.4, 0.5) is 0 Å². The lowest BCUT2D eigenvalue weighted by Gasteiger charge is -2.06. The van der Waals surface area contributed by atoms with Crippen molar-refractivity contribution in [3.63, 3.8) is 0 Å². The highest BCUT2D eigenvalue weighted by atomic mass is 16.5. The van der Waals surface area contributed by atoms with Crippen LogP contribution in [0.2, 0.25) is 0 Å². The Kier molecular flexibility index (Phi) is 29.2. The zero-order valence-corrected chi connectivity index (χ0v) is 24.7. The number of hydrogen-bond acceptors (Lipinski definition) is 2. The van der Waals surface area contributed by atoms with Gasteiger partial charge in [0, 0.05) is 6.42 Å². The summed E-state index contributed by atoms with van der Waals surface area (Å²) in [6.07, 6.45) is 36.1. The van der Waals surface area contributed by atoms with Crippen LogP contribution >= 0.6 is 0 Å². The summed E-state index contributed by atoms with van der Waals surface area (Å²) < 4.78 is 5.36. The number of esters is 1. The van der Waals surface area contributed by atoms with E-state index in [1.54, 1.807) is 0 Å². The van der Waals surface area contributed by atoms with Crippen LogP contribution in [0.3, 0.4) is 0 Å². The van der Waals surface area contributed by atoms with Gasteiger partial charge in [-0.05, 0) is 18.8 Å². The Morgan fingerprint density at radius 2 is 0.829 bits per heavy atom. The first-order valence-corrected chi connectivity index (χ1v) is 16.3. The minimum atomic E-state index is 0.0158. The van der Waals surface area contributed by atoms with Crippen molar-refractivity contribution in [2.24, 2.45) is 5.92 Å². The van der Waals surface area contributed by atoms with Crippen LogP contribution in [0.5, 0.6) is 0 Å². The molecule has 210 valence electrons. The number of unbranched alkanes of at least 4 members (excludes halogenated alkanes) is 23. The number of rotatable bonds is 29. The first-order valence-electron chi connectivity index (χ1n) is 16.3. The number of ether oxygens (including phenoxy) is 1. The van der Waals surface area contributed by atoms with E-state index in [0.717, 1.165) is 18.8 Å². The molecule has 0 atom stereocenters. The second-order valence-corrected chi connectivity index (χ2v) is 11.6. The quantitative estimate of drug-likeness (QED) is 0.0763. The maximum Gasteiger partial charge on any atom is 0.305 e. The Bertz CT molecular complexity index is 404. The number of carbonyl (C=O) groups excluding carboxylic acids is 1. The molecule has 0 N–H and O–H groups in total. The summed E-state index contributed by atoms with van der Waals surface area (Å²) in [5.74, 6) is 0.800.